The summed E-state index contributed by atoms with van der Waals surface area (Å²) in [6.07, 6.45) is 0.951. The Bertz CT molecular complexity index is 811. The maximum absolute atomic E-state index is 11.3. The van der Waals surface area contributed by atoms with Crippen molar-refractivity contribution in [3.8, 4) is 6.07 Å². The van der Waals surface area contributed by atoms with Crippen LogP contribution in [0, 0.1) is 21.4 Å². The van der Waals surface area contributed by atoms with Crippen molar-refractivity contribution in [2.45, 2.75) is 25.8 Å². The molecule has 0 aliphatic rings. The molecule has 0 bridgehead atoms. The van der Waals surface area contributed by atoms with Crippen LogP contribution in [-0.2, 0) is 4.79 Å². The van der Waals surface area contributed by atoms with Crippen LogP contribution < -0.4 is 5.32 Å². The van der Waals surface area contributed by atoms with Gasteiger partial charge in [0.1, 0.15) is 11.7 Å². The first-order chi connectivity index (χ1) is 11.0. The summed E-state index contributed by atoms with van der Waals surface area (Å²) in [5.74, 6) is -1.07. The van der Waals surface area contributed by atoms with E-state index < -0.39 is 16.9 Å². The highest BCUT2D eigenvalue weighted by Gasteiger charge is 2.24. The average Bonchev–Trinajstić information content (AvgIpc) is 2.53. The van der Waals surface area contributed by atoms with Crippen LogP contribution in [0.4, 0.5) is 11.4 Å². The molecular weight excluding hydrogens is 298 g/mol. The summed E-state index contributed by atoms with van der Waals surface area (Å²) in [6, 6.07) is 8.75. The van der Waals surface area contributed by atoms with Crippen LogP contribution in [0.5, 0.6) is 0 Å². The molecule has 2 rings (SSSR count). The third kappa shape index (κ3) is 3.21. The SMILES string of the molecule is CCCC(Nc1c([N+](=O)[O-])ccc2c(C#N)cccc12)C(=O)O. The van der Waals surface area contributed by atoms with Crippen LogP contribution in [0.3, 0.4) is 0 Å². The molecule has 1 atom stereocenters. The molecule has 0 amide bonds. The van der Waals surface area contributed by atoms with Crippen LogP contribution in [0.25, 0.3) is 10.8 Å². The summed E-state index contributed by atoms with van der Waals surface area (Å²) in [7, 11) is 0. The van der Waals surface area contributed by atoms with Gasteiger partial charge in [-0.05, 0) is 18.6 Å². The minimum atomic E-state index is -1.07. The molecule has 0 spiro atoms. The molecule has 2 aromatic rings. The third-order valence-corrected chi connectivity index (χ3v) is 3.55. The minimum absolute atomic E-state index is 0.130. The second kappa shape index (κ2) is 6.75. The molecule has 0 aliphatic carbocycles. The van der Waals surface area contributed by atoms with E-state index in [1.807, 2.05) is 13.0 Å². The van der Waals surface area contributed by atoms with Crippen molar-refractivity contribution in [2.24, 2.45) is 0 Å². The Balaban J connectivity index is 2.67. The zero-order chi connectivity index (χ0) is 17.0. The molecule has 118 valence electrons. The zero-order valence-electron chi connectivity index (χ0n) is 12.4. The average molecular weight is 313 g/mol. The second-order valence-electron chi connectivity index (χ2n) is 5.05. The molecule has 7 nitrogen and oxygen atoms in total. The van der Waals surface area contributed by atoms with E-state index in [2.05, 4.69) is 5.32 Å². The number of nitro benzene ring substituents is 1. The van der Waals surface area contributed by atoms with Crippen molar-refractivity contribution >= 4 is 28.1 Å². The van der Waals surface area contributed by atoms with Gasteiger partial charge < -0.3 is 10.4 Å². The second-order valence-corrected chi connectivity index (χ2v) is 5.05. The van der Waals surface area contributed by atoms with E-state index in [1.165, 1.54) is 12.1 Å². The fraction of sp³-hybridized carbons (Fsp3) is 0.250. The Morgan fingerprint density at radius 1 is 1.39 bits per heavy atom. The molecule has 2 aromatic carbocycles. The molecule has 7 heteroatoms. The number of hydrogen-bond acceptors (Lipinski definition) is 5. The molecule has 0 heterocycles. The van der Waals surface area contributed by atoms with Gasteiger partial charge in [0, 0.05) is 16.8 Å². The summed E-state index contributed by atoms with van der Waals surface area (Å²) < 4.78 is 0. The lowest BCUT2D eigenvalue weighted by molar-refractivity contribution is -0.383. The number of nitro groups is 1. The van der Waals surface area contributed by atoms with E-state index in [1.54, 1.807) is 18.2 Å². The normalized spacial score (nSPS) is 11.7. The van der Waals surface area contributed by atoms with Gasteiger partial charge in [0.2, 0.25) is 0 Å². The number of anilines is 1. The Labute approximate surface area is 132 Å². The Hall–Kier alpha value is -3.14. The zero-order valence-corrected chi connectivity index (χ0v) is 12.4. The monoisotopic (exact) mass is 313 g/mol. The van der Waals surface area contributed by atoms with Crippen molar-refractivity contribution < 1.29 is 14.8 Å². The van der Waals surface area contributed by atoms with Crippen LogP contribution in [0.2, 0.25) is 0 Å². The smallest absolute Gasteiger partial charge is 0.326 e. The van der Waals surface area contributed by atoms with Crippen LogP contribution >= 0.6 is 0 Å². The van der Waals surface area contributed by atoms with E-state index >= 15 is 0 Å². The molecule has 2 N–H and O–H groups in total. The molecule has 0 aliphatic heterocycles. The van der Waals surface area contributed by atoms with Crippen LogP contribution in [0.1, 0.15) is 25.3 Å². The van der Waals surface area contributed by atoms with Crippen molar-refractivity contribution in [2.75, 3.05) is 5.32 Å². The molecule has 0 fully saturated rings. The molecule has 0 saturated heterocycles. The molecule has 1 unspecified atom stereocenters. The number of nitriles is 1. The molecule has 0 saturated carbocycles. The fourth-order valence-electron chi connectivity index (χ4n) is 2.47. The van der Waals surface area contributed by atoms with Gasteiger partial charge in [-0.1, -0.05) is 25.5 Å². The minimum Gasteiger partial charge on any atom is -0.480 e. The lowest BCUT2D eigenvalue weighted by Gasteiger charge is -2.17. The van der Waals surface area contributed by atoms with Gasteiger partial charge in [-0.15, -0.1) is 0 Å². The number of hydrogen-bond donors (Lipinski definition) is 2. The lowest BCUT2D eigenvalue weighted by atomic mass is 10.0. The first kappa shape index (κ1) is 16.2. The topological polar surface area (TPSA) is 116 Å². The van der Waals surface area contributed by atoms with Crippen LogP contribution in [0.15, 0.2) is 30.3 Å². The number of fused-ring (bicyclic) bond motifs is 1. The number of carboxylic acids is 1. The Kier molecular flexibility index (Phi) is 4.76. The van der Waals surface area contributed by atoms with Crippen molar-refractivity contribution in [1.82, 2.24) is 0 Å². The fourth-order valence-corrected chi connectivity index (χ4v) is 2.47. The number of nitrogens with one attached hydrogen (secondary N) is 1. The largest absolute Gasteiger partial charge is 0.480 e. The number of aliphatic carboxylic acids is 1. The van der Waals surface area contributed by atoms with Crippen molar-refractivity contribution in [3.63, 3.8) is 0 Å². The maximum Gasteiger partial charge on any atom is 0.326 e. The molecule has 0 radical (unpaired) electrons. The number of carboxylic acid groups (broad SMARTS) is 1. The lowest BCUT2D eigenvalue weighted by Crippen LogP contribution is -2.29. The summed E-state index contributed by atoms with van der Waals surface area (Å²) in [5.41, 5.74) is 0.295. The van der Waals surface area contributed by atoms with E-state index in [4.69, 9.17) is 5.26 Å². The number of carbonyl (C=O) groups is 1. The van der Waals surface area contributed by atoms with E-state index in [0.717, 1.165) is 0 Å². The van der Waals surface area contributed by atoms with Gasteiger partial charge in [0.05, 0.1) is 16.6 Å². The van der Waals surface area contributed by atoms with Crippen molar-refractivity contribution in [1.29, 1.82) is 5.26 Å². The quantitative estimate of drug-likeness (QED) is 0.624. The third-order valence-electron chi connectivity index (χ3n) is 3.55. The summed E-state index contributed by atoms with van der Waals surface area (Å²) in [4.78, 5) is 22.1. The predicted molar refractivity (Wildman–Crippen MR) is 85.3 cm³/mol. The predicted octanol–water partition coefficient (Wildman–Crippen LogP) is 3.28. The van der Waals surface area contributed by atoms with Gasteiger partial charge in [0.15, 0.2) is 0 Å². The van der Waals surface area contributed by atoms with E-state index in [9.17, 15) is 20.0 Å². The van der Waals surface area contributed by atoms with Gasteiger partial charge in [-0.3, -0.25) is 10.1 Å². The van der Waals surface area contributed by atoms with Crippen LogP contribution in [-0.4, -0.2) is 22.0 Å². The van der Waals surface area contributed by atoms with Crippen molar-refractivity contribution in [3.05, 3.63) is 46.0 Å². The Morgan fingerprint density at radius 3 is 2.70 bits per heavy atom. The standard InChI is InChI=1S/C16H15N3O4/c1-2-4-13(16(20)21)18-15-12-6-3-5-10(9-17)11(12)7-8-14(15)19(22)23/h3,5-8,13,18H,2,4H2,1H3,(H,20,21). The number of rotatable bonds is 6. The highest BCUT2D eigenvalue weighted by atomic mass is 16.6. The maximum atomic E-state index is 11.3. The summed E-state index contributed by atoms with van der Waals surface area (Å²) >= 11 is 0. The molecule has 23 heavy (non-hydrogen) atoms. The van der Waals surface area contributed by atoms with E-state index in [-0.39, 0.29) is 11.4 Å². The number of nitrogens with zero attached hydrogens (tertiary/aromatic N) is 2. The van der Waals surface area contributed by atoms with Gasteiger partial charge >= 0.3 is 5.97 Å². The van der Waals surface area contributed by atoms with Gasteiger partial charge in [-0.2, -0.15) is 5.26 Å². The van der Waals surface area contributed by atoms with E-state index in [0.29, 0.717) is 29.2 Å². The molecule has 0 aromatic heterocycles. The highest BCUT2D eigenvalue weighted by Crippen LogP contribution is 2.35. The number of benzene rings is 2. The first-order valence-electron chi connectivity index (χ1n) is 7.09. The summed E-state index contributed by atoms with van der Waals surface area (Å²) in [5, 5.41) is 33.5. The first-order valence-corrected chi connectivity index (χ1v) is 7.09. The highest BCUT2D eigenvalue weighted by molar-refractivity contribution is 6.02. The summed E-state index contributed by atoms with van der Waals surface area (Å²) in [6.45, 7) is 1.84. The molecular formula is C16H15N3O4. The van der Waals surface area contributed by atoms with Gasteiger partial charge in [-0.25, -0.2) is 4.79 Å². The Morgan fingerprint density at radius 2 is 2.13 bits per heavy atom. The van der Waals surface area contributed by atoms with Gasteiger partial charge in [0.25, 0.3) is 5.69 Å².